The van der Waals surface area contributed by atoms with Crippen LogP contribution in [0, 0.1) is 0 Å². The van der Waals surface area contributed by atoms with Gasteiger partial charge in [-0.15, -0.1) is 13.2 Å². The zero-order chi connectivity index (χ0) is 22.4. The van der Waals surface area contributed by atoms with Crippen LogP contribution in [0.4, 0.5) is 36.7 Å². The first-order chi connectivity index (χ1) is 15.4. The van der Waals surface area contributed by atoms with Gasteiger partial charge in [0, 0.05) is 25.3 Å². The number of alkyl halides is 3. The van der Waals surface area contributed by atoms with E-state index < -0.39 is 6.36 Å². The van der Waals surface area contributed by atoms with Gasteiger partial charge in [-0.1, -0.05) is 30.3 Å². The van der Waals surface area contributed by atoms with Gasteiger partial charge in [0.1, 0.15) is 5.75 Å². The van der Waals surface area contributed by atoms with Crippen LogP contribution in [0.2, 0.25) is 0 Å². The van der Waals surface area contributed by atoms with E-state index in [9.17, 15) is 13.2 Å². The normalized spacial score (nSPS) is 14.2. The van der Waals surface area contributed by atoms with Crippen LogP contribution in [-0.2, 0) is 11.3 Å². The first-order valence-corrected chi connectivity index (χ1v) is 9.94. The summed E-state index contributed by atoms with van der Waals surface area (Å²) < 4.78 is 46.4. The van der Waals surface area contributed by atoms with E-state index in [1.165, 1.54) is 24.3 Å². The Hall–Kier alpha value is -3.60. The number of nitrogens with one attached hydrogen (secondary N) is 2. The van der Waals surface area contributed by atoms with Crippen molar-refractivity contribution in [2.75, 3.05) is 41.8 Å². The highest BCUT2D eigenvalue weighted by Crippen LogP contribution is 2.25. The summed E-state index contributed by atoms with van der Waals surface area (Å²) in [5.41, 5.74) is 1.57. The Bertz CT molecular complexity index is 1010. The molecule has 2 N–H and O–H groups in total. The van der Waals surface area contributed by atoms with Crippen LogP contribution < -0.4 is 20.3 Å². The maximum atomic E-state index is 12.4. The van der Waals surface area contributed by atoms with E-state index >= 15 is 0 Å². The SMILES string of the molecule is FC(F)(F)Oc1ccc(Nc2nc(NCc3ccccc3)nc(N3CCOCC3)n2)cc1. The predicted octanol–water partition coefficient (Wildman–Crippen LogP) is 3.96. The highest BCUT2D eigenvalue weighted by molar-refractivity contribution is 5.57. The zero-order valence-corrected chi connectivity index (χ0v) is 17.0. The first kappa shape index (κ1) is 21.6. The van der Waals surface area contributed by atoms with Crippen LogP contribution in [0.3, 0.4) is 0 Å². The van der Waals surface area contributed by atoms with Crippen LogP contribution in [0.25, 0.3) is 0 Å². The molecule has 2 aromatic carbocycles. The van der Waals surface area contributed by atoms with Gasteiger partial charge in [-0.25, -0.2) is 0 Å². The highest BCUT2D eigenvalue weighted by Gasteiger charge is 2.31. The summed E-state index contributed by atoms with van der Waals surface area (Å²) in [5, 5.41) is 6.21. The molecular weight excluding hydrogens is 425 g/mol. The molecule has 0 saturated carbocycles. The van der Waals surface area contributed by atoms with Crippen molar-refractivity contribution in [3.8, 4) is 5.75 Å². The molecule has 1 fully saturated rings. The molecule has 4 rings (SSSR count). The van der Waals surface area contributed by atoms with Gasteiger partial charge in [0.15, 0.2) is 0 Å². The van der Waals surface area contributed by atoms with Crippen molar-refractivity contribution in [1.82, 2.24) is 15.0 Å². The molecule has 168 valence electrons. The molecular formula is C21H21F3N6O2. The number of benzene rings is 2. The minimum Gasteiger partial charge on any atom is -0.406 e. The molecule has 1 aliphatic heterocycles. The topological polar surface area (TPSA) is 84.4 Å². The van der Waals surface area contributed by atoms with E-state index in [1.807, 2.05) is 35.2 Å². The molecule has 1 aliphatic rings. The summed E-state index contributed by atoms with van der Waals surface area (Å²) in [7, 11) is 0. The third kappa shape index (κ3) is 6.20. The van der Waals surface area contributed by atoms with E-state index in [0.29, 0.717) is 50.4 Å². The van der Waals surface area contributed by atoms with Crippen molar-refractivity contribution in [2.24, 2.45) is 0 Å². The lowest BCUT2D eigenvalue weighted by atomic mass is 10.2. The summed E-state index contributed by atoms with van der Waals surface area (Å²) in [6, 6.07) is 15.2. The Morgan fingerprint density at radius 3 is 2.28 bits per heavy atom. The molecule has 8 nitrogen and oxygen atoms in total. The molecule has 0 atom stereocenters. The van der Waals surface area contributed by atoms with Gasteiger partial charge < -0.3 is 25.0 Å². The molecule has 0 amide bonds. The Balaban J connectivity index is 1.53. The smallest absolute Gasteiger partial charge is 0.406 e. The molecule has 1 saturated heterocycles. The average Bonchev–Trinajstić information content (AvgIpc) is 2.79. The maximum absolute atomic E-state index is 12.4. The minimum absolute atomic E-state index is 0.265. The molecule has 0 bridgehead atoms. The van der Waals surface area contributed by atoms with Crippen molar-refractivity contribution in [2.45, 2.75) is 12.9 Å². The summed E-state index contributed by atoms with van der Waals surface area (Å²) in [4.78, 5) is 15.4. The molecule has 11 heteroatoms. The second kappa shape index (κ2) is 9.69. The van der Waals surface area contributed by atoms with E-state index in [-0.39, 0.29) is 11.7 Å². The van der Waals surface area contributed by atoms with E-state index in [1.54, 1.807) is 0 Å². The fourth-order valence-corrected chi connectivity index (χ4v) is 3.05. The van der Waals surface area contributed by atoms with Crippen molar-refractivity contribution in [1.29, 1.82) is 0 Å². The zero-order valence-electron chi connectivity index (χ0n) is 17.0. The van der Waals surface area contributed by atoms with Gasteiger partial charge in [0.05, 0.1) is 13.2 Å². The number of halogens is 3. The Morgan fingerprint density at radius 1 is 0.906 bits per heavy atom. The summed E-state index contributed by atoms with van der Waals surface area (Å²) in [6.45, 7) is 2.95. The van der Waals surface area contributed by atoms with E-state index in [4.69, 9.17) is 4.74 Å². The number of anilines is 4. The number of rotatable bonds is 7. The number of aromatic nitrogens is 3. The largest absolute Gasteiger partial charge is 0.573 e. The maximum Gasteiger partial charge on any atom is 0.573 e. The van der Waals surface area contributed by atoms with Crippen LogP contribution in [0.1, 0.15) is 5.56 Å². The summed E-state index contributed by atoms with van der Waals surface area (Å²) in [6.07, 6.45) is -4.74. The molecule has 32 heavy (non-hydrogen) atoms. The third-order valence-corrected chi connectivity index (χ3v) is 4.56. The number of hydrogen-bond donors (Lipinski definition) is 2. The van der Waals surface area contributed by atoms with Crippen LogP contribution in [0.5, 0.6) is 5.75 Å². The minimum atomic E-state index is -4.74. The Kier molecular flexibility index (Phi) is 6.55. The van der Waals surface area contributed by atoms with E-state index in [0.717, 1.165) is 5.56 Å². The average molecular weight is 446 g/mol. The summed E-state index contributed by atoms with van der Waals surface area (Å²) in [5.74, 6) is 0.822. The standard InChI is InChI=1S/C21H21F3N6O2/c22-21(23,24)32-17-8-6-16(7-9-17)26-19-27-18(25-14-15-4-2-1-3-5-15)28-20(29-19)30-10-12-31-13-11-30/h1-9H,10-14H2,(H2,25,26,27,28,29). The van der Waals surface area contributed by atoms with Gasteiger partial charge >= 0.3 is 6.36 Å². The van der Waals surface area contributed by atoms with Gasteiger partial charge in [0.25, 0.3) is 0 Å². The summed E-state index contributed by atoms with van der Waals surface area (Å²) >= 11 is 0. The van der Waals surface area contributed by atoms with Gasteiger partial charge in [-0.2, -0.15) is 15.0 Å². The quantitative estimate of drug-likeness (QED) is 0.564. The third-order valence-electron chi connectivity index (χ3n) is 4.56. The molecule has 0 aliphatic carbocycles. The molecule has 0 spiro atoms. The molecule has 3 aromatic rings. The molecule has 0 radical (unpaired) electrons. The van der Waals surface area contributed by atoms with Gasteiger partial charge in [-0.05, 0) is 29.8 Å². The van der Waals surface area contributed by atoms with Crippen molar-refractivity contribution in [3.05, 3.63) is 60.2 Å². The van der Waals surface area contributed by atoms with Crippen molar-refractivity contribution in [3.63, 3.8) is 0 Å². The molecule has 1 aromatic heterocycles. The first-order valence-electron chi connectivity index (χ1n) is 9.94. The van der Waals surface area contributed by atoms with Crippen LogP contribution >= 0.6 is 0 Å². The fourth-order valence-electron chi connectivity index (χ4n) is 3.05. The monoisotopic (exact) mass is 446 g/mol. The predicted molar refractivity (Wildman–Crippen MR) is 113 cm³/mol. The number of ether oxygens (including phenoxy) is 2. The Morgan fingerprint density at radius 2 is 1.59 bits per heavy atom. The molecule has 2 heterocycles. The van der Waals surface area contributed by atoms with Crippen LogP contribution in [-0.4, -0.2) is 47.6 Å². The van der Waals surface area contributed by atoms with Crippen molar-refractivity contribution >= 4 is 23.5 Å². The molecule has 0 unspecified atom stereocenters. The lowest BCUT2D eigenvalue weighted by molar-refractivity contribution is -0.274. The number of morpholine rings is 1. The van der Waals surface area contributed by atoms with Gasteiger partial charge in [0.2, 0.25) is 17.8 Å². The van der Waals surface area contributed by atoms with Crippen LogP contribution in [0.15, 0.2) is 54.6 Å². The number of nitrogens with zero attached hydrogens (tertiary/aromatic N) is 4. The van der Waals surface area contributed by atoms with Crippen molar-refractivity contribution < 1.29 is 22.6 Å². The van der Waals surface area contributed by atoms with Gasteiger partial charge in [-0.3, -0.25) is 0 Å². The highest BCUT2D eigenvalue weighted by atomic mass is 19.4. The second-order valence-electron chi connectivity index (χ2n) is 6.92. The Labute approximate surface area is 182 Å². The lowest BCUT2D eigenvalue weighted by Crippen LogP contribution is -2.37. The lowest BCUT2D eigenvalue weighted by Gasteiger charge is -2.27. The van der Waals surface area contributed by atoms with E-state index in [2.05, 4.69) is 30.3 Å². The second-order valence-corrected chi connectivity index (χ2v) is 6.92. The fraction of sp³-hybridized carbons (Fsp3) is 0.286. The number of hydrogen-bond acceptors (Lipinski definition) is 8.